The van der Waals surface area contributed by atoms with Gasteiger partial charge in [0.2, 0.25) is 0 Å². The second kappa shape index (κ2) is 8.92. The lowest BCUT2D eigenvalue weighted by molar-refractivity contribution is 0.0947. The van der Waals surface area contributed by atoms with Gasteiger partial charge in [-0.2, -0.15) is 0 Å². The van der Waals surface area contributed by atoms with Gasteiger partial charge < -0.3 is 5.32 Å². The summed E-state index contributed by atoms with van der Waals surface area (Å²) in [6.07, 6.45) is 8.64. The summed E-state index contributed by atoms with van der Waals surface area (Å²) in [7, 11) is 0. The predicted molar refractivity (Wildman–Crippen MR) is 117 cm³/mol. The number of amides is 1. The molecule has 0 unspecified atom stereocenters. The molecule has 0 fully saturated rings. The van der Waals surface area contributed by atoms with Crippen molar-refractivity contribution < 1.29 is 4.79 Å². The number of carbonyl (C=O) groups is 1. The number of pyridine rings is 2. The Kier molecular flexibility index (Phi) is 5.90. The van der Waals surface area contributed by atoms with E-state index in [1.165, 1.54) is 22.9 Å². The Bertz CT molecular complexity index is 1170. The fourth-order valence-electron chi connectivity index (χ4n) is 2.99. The number of aromatic nitrogens is 4. The van der Waals surface area contributed by atoms with E-state index in [0.717, 1.165) is 16.3 Å². The van der Waals surface area contributed by atoms with Crippen molar-refractivity contribution >= 4 is 17.7 Å². The molecule has 1 amide bonds. The van der Waals surface area contributed by atoms with Crippen molar-refractivity contribution in [3.8, 4) is 5.82 Å². The van der Waals surface area contributed by atoms with E-state index in [0.29, 0.717) is 17.1 Å². The van der Waals surface area contributed by atoms with Crippen LogP contribution in [0.15, 0.2) is 83.5 Å². The maximum absolute atomic E-state index is 12.9. The molecule has 150 valence electrons. The smallest absolute Gasteiger partial charge is 0.254 e. The van der Waals surface area contributed by atoms with Crippen molar-refractivity contribution in [3.63, 3.8) is 0 Å². The lowest BCUT2D eigenvalue weighted by Gasteiger charge is -2.12. The van der Waals surface area contributed by atoms with Crippen LogP contribution >= 0.6 is 11.8 Å². The molecule has 0 aliphatic rings. The maximum atomic E-state index is 12.9. The van der Waals surface area contributed by atoms with Crippen molar-refractivity contribution in [1.82, 2.24) is 24.8 Å². The molecule has 0 bridgehead atoms. The van der Waals surface area contributed by atoms with Crippen LogP contribution in [0.5, 0.6) is 0 Å². The minimum Gasteiger partial charge on any atom is -0.348 e. The van der Waals surface area contributed by atoms with Crippen LogP contribution in [0.3, 0.4) is 0 Å². The van der Waals surface area contributed by atoms with Gasteiger partial charge >= 0.3 is 0 Å². The summed E-state index contributed by atoms with van der Waals surface area (Å²) in [5.41, 5.74) is 3.90. The first-order valence-electron chi connectivity index (χ1n) is 9.52. The molecule has 6 nitrogen and oxygen atoms in total. The minimum absolute atomic E-state index is 0.171. The minimum atomic E-state index is -0.171. The molecule has 0 spiro atoms. The zero-order valence-corrected chi connectivity index (χ0v) is 17.6. The molecule has 1 N–H and O–H groups in total. The van der Waals surface area contributed by atoms with Gasteiger partial charge in [0.1, 0.15) is 17.2 Å². The van der Waals surface area contributed by atoms with E-state index in [1.807, 2.05) is 22.9 Å². The second-order valence-corrected chi connectivity index (χ2v) is 7.91. The zero-order valence-electron chi connectivity index (χ0n) is 16.7. The maximum Gasteiger partial charge on any atom is 0.254 e. The summed E-state index contributed by atoms with van der Waals surface area (Å²) >= 11 is 1.49. The van der Waals surface area contributed by atoms with Crippen LogP contribution in [0, 0.1) is 13.8 Å². The number of carbonyl (C=O) groups excluding carboxylic acids is 1. The van der Waals surface area contributed by atoms with Gasteiger partial charge in [0.25, 0.3) is 5.91 Å². The fraction of sp³-hybridized carbons (Fsp3) is 0.130. The van der Waals surface area contributed by atoms with E-state index in [4.69, 9.17) is 0 Å². The molecule has 4 aromatic rings. The van der Waals surface area contributed by atoms with Crippen molar-refractivity contribution in [2.75, 3.05) is 0 Å². The molecule has 3 aromatic heterocycles. The Labute approximate surface area is 179 Å². The van der Waals surface area contributed by atoms with Gasteiger partial charge in [0.15, 0.2) is 0 Å². The lowest BCUT2D eigenvalue weighted by atomic mass is 10.1. The fourth-order valence-corrected chi connectivity index (χ4v) is 3.97. The Morgan fingerprint density at radius 2 is 1.87 bits per heavy atom. The summed E-state index contributed by atoms with van der Waals surface area (Å²) in [5.74, 6) is 0.570. The summed E-state index contributed by atoms with van der Waals surface area (Å²) in [5, 5.41) is 3.68. The number of benzene rings is 1. The number of nitrogens with zero attached hydrogens (tertiary/aromatic N) is 4. The number of hydrogen-bond acceptors (Lipinski definition) is 5. The highest BCUT2D eigenvalue weighted by Crippen LogP contribution is 2.30. The van der Waals surface area contributed by atoms with Crippen molar-refractivity contribution in [1.29, 1.82) is 0 Å². The number of aryl methyl sites for hydroxylation is 2. The molecule has 0 radical (unpaired) electrons. The van der Waals surface area contributed by atoms with E-state index in [1.54, 1.807) is 37.1 Å². The first kappa shape index (κ1) is 19.8. The van der Waals surface area contributed by atoms with E-state index in [2.05, 4.69) is 52.3 Å². The van der Waals surface area contributed by atoms with Crippen LogP contribution in [-0.2, 0) is 6.54 Å². The Morgan fingerprint density at radius 1 is 1.03 bits per heavy atom. The highest BCUT2D eigenvalue weighted by atomic mass is 32.2. The summed E-state index contributed by atoms with van der Waals surface area (Å²) in [6.45, 7) is 4.51. The Hall–Kier alpha value is -3.45. The lowest BCUT2D eigenvalue weighted by Crippen LogP contribution is -2.24. The standard InChI is InChI=1S/C23H21N5OS/c1-16-7-8-19(13-17(16)2)30-23-20(6-4-10-26-23)22(29)27-14-18-5-3-9-25-21(18)28-12-11-24-15-28/h3-13,15H,14H2,1-2H3,(H,27,29). The highest BCUT2D eigenvalue weighted by Gasteiger charge is 2.15. The Morgan fingerprint density at radius 3 is 2.67 bits per heavy atom. The van der Waals surface area contributed by atoms with Gasteiger partial charge in [-0.25, -0.2) is 15.0 Å². The molecular formula is C23H21N5OS. The van der Waals surface area contributed by atoms with E-state index in [9.17, 15) is 4.79 Å². The van der Waals surface area contributed by atoms with Crippen LogP contribution < -0.4 is 5.32 Å². The normalized spacial score (nSPS) is 10.7. The third-order valence-corrected chi connectivity index (χ3v) is 5.77. The molecule has 0 saturated carbocycles. The van der Waals surface area contributed by atoms with Gasteiger partial charge in [-0.1, -0.05) is 23.9 Å². The quantitative estimate of drug-likeness (QED) is 0.507. The van der Waals surface area contributed by atoms with E-state index < -0.39 is 0 Å². The summed E-state index contributed by atoms with van der Waals surface area (Å²) in [6, 6.07) is 13.6. The molecular weight excluding hydrogens is 394 g/mol. The summed E-state index contributed by atoms with van der Waals surface area (Å²) in [4.78, 5) is 26.9. The van der Waals surface area contributed by atoms with Crippen LogP contribution in [0.4, 0.5) is 0 Å². The van der Waals surface area contributed by atoms with Gasteiger partial charge in [-0.05, 0) is 55.3 Å². The molecule has 0 aliphatic carbocycles. The third-order valence-electron chi connectivity index (χ3n) is 4.76. The SMILES string of the molecule is Cc1ccc(Sc2ncccc2C(=O)NCc2cccnc2-n2ccnc2)cc1C. The summed E-state index contributed by atoms with van der Waals surface area (Å²) < 4.78 is 1.83. The molecule has 7 heteroatoms. The van der Waals surface area contributed by atoms with Crippen LogP contribution in [-0.4, -0.2) is 25.4 Å². The topological polar surface area (TPSA) is 72.7 Å². The first-order chi connectivity index (χ1) is 14.6. The van der Waals surface area contributed by atoms with E-state index in [-0.39, 0.29) is 5.91 Å². The molecule has 0 saturated heterocycles. The predicted octanol–water partition coefficient (Wildman–Crippen LogP) is 4.36. The van der Waals surface area contributed by atoms with Crippen molar-refractivity contribution in [3.05, 3.63) is 95.8 Å². The van der Waals surface area contributed by atoms with Gasteiger partial charge in [0.05, 0.1) is 5.56 Å². The molecule has 4 rings (SSSR count). The van der Waals surface area contributed by atoms with Crippen molar-refractivity contribution in [2.24, 2.45) is 0 Å². The molecule has 30 heavy (non-hydrogen) atoms. The average molecular weight is 416 g/mol. The van der Waals surface area contributed by atoms with Gasteiger partial charge in [-0.3, -0.25) is 9.36 Å². The number of nitrogens with one attached hydrogen (secondary N) is 1. The number of imidazole rings is 1. The van der Waals surface area contributed by atoms with Crippen LogP contribution in [0.2, 0.25) is 0 Å². The van der Waals surface area contributed by atoms with Gasteiger partial charge in [-0.15, -0.1) is 0 Å². The second-order valence-electron chi connectivity index (χ2n) is 6.84. The van der Waals surface area contributed by atoms with E-state index >= 15 is 0 Å². The molecule has 0 aliphatic heterocycles. The monoisotopic (exact) mass is 415 g/mol. The first-order valence-corrected chi connectivity index (χ1v) is 10.3. The van der Waals surface area contributed by atoms with Crippen molar-refractivity contribution in [2.45, 2.75) is 30.3 Å². The highest BCUT2D eigenvalue weighted by molar-refractivity contribution is 7.99. The van der Waals surface area contributed by atoms with Crippen LogP contribution in [0.1, 0.15) is 27.0 Å². The number of rotatable bonds is 6. The largest absolute Gasteiger partial charge is 0.348 e. The third kappa shape index (κ3) is 4.41. The average Bonchev–Trinajstić information content (AvgIpc) is 3.30. The van der Waals surface area contributed by atoms with Crippen LogP contribution in [0.25, 0.3) is 5.82 Å². The Balaban J connectivity index is 1.52. The molecule has 3 heterocycles. The zero-order chi connectivity index (χ0) is 20.9. The molecule has 1 aromatic carbocycles. The molecule has 0 atom stereocenters. The van der Waals surface area contributed by atoms with Gasteiger partial charge in [0, 0.05) is 41.8 Å². The number of hydrogen-bond donors (Lipinski definition) is 1.